The molecule has 0 atom stereocenters. The van der Waals surface area contributed by atoms with Crippen LogP contribution in [0.5, 0.6) is 5.88 Å². The Morgan fingerprint density at radius 1 is 1.23 bits per heavy atom. The molecule has 0 aliphatic carbocycles. The highest BCUT2D eigenvalue weighted by Crippen LogP contribution is 2.35. The fourth-order valence-corrected chi connectivity index (χ4v) is 3.51. The van der Waals surface area contributed by atoms with Crippen molar-refractivity contribution in [3.05, 3.63) is 41.7 Å². The topological polar surface area (TPSA) is 76.6 Å². The van der Waals surface area contributed by atoms with E-state index < -0.39 is 0 Å². The molecule has 0 radical (unpaired) electrons. The lowest BCUT2D eigenvalue weighted by atomic mass is 10.1. The molecule has 2 aliphatic rings. The van der Waals surface area contributed by atoms with Gasteiger partial charge in [-0.25, -0.2) is 14.8 Å². The SMILES string of the molecule is COC(=O)c1ccc2c(c1)CCN2c1cc(OC2CCNCC2)ncn1. The molecule has 1 fully saturated rings. The number of anilines is 2. The fourth-order valence-electron chi connectivity index (χ4n) is 3.51. The van der Waals surface area contributed by atoms with Crippen molar-refractivity contribution in [2.24, 2.45) is 0 Å². The Morgan fingerprint density at radius 2 is 2.08 bits per heavy atom. The Labute approximate surface area is 152 Å². The molecule has 0 spiro atoms. The molecule has 1 N–H and O–H groups in total. The van der Waals surface area contributed by atoms with Crippen LogP contribution in [0.2, 0.25) is 0 Å². The number of aromatic nitrogens is 2. The summed E-state index contributed by atoms with van der Waals surface area (Å²) >= 11 is 0. The largest absolute Gasteiger partial charge is 0.474 e. The van der Waals surface area contributed by atoms with Gasteiger partial charge in [0.05, 0.1) is 12.7 Å². The molecule has 2 aliphatic heterocycles. The van der Waals surface area contributed by atoms with Gasteiger partial charge in [0.15, 0.2) is 0 Å². The molecule has 1 aromatic heterocycles. The number of fused-ring (bicyclic) bond motifs is 1. The van der Waals surface area contributed by atoms with Crippen molar-refractivity contribution in [2.75, 3.05) is 31.6 Å². The minimum absolute atomic E-state index is 0.201. The first-order chi connectivity index (χ1) is 12.7. The maximum atomic E-state index is 11.7. The van der Waals surface area contributed by atoms with Gasteiger partial charge in [0.2, 0.25) is 5.88 Å². The summed E-state index contributed by atoms with van der Waals surface area (Å²) in [7, 11) is 1.40. The first-order valence-corrected chi connectivity index (χ1v) is 8.93. The van der Waals surface area contributed by atoms with Crippen molar-refractivity contribution in [3.63, 3.8) is 0 Å². The maximum absolute atomic E-state index is 11.7. The van der Waals surface area contributed by atoms with E-state index >= 15 is 0 Å². The predicted octanol–water partition coefficient (Wildman–Crippen LogP) is 2.09. The van der Waals surface area contributed by atoms with Gasteiger partial charge in [-0.15, -0.1) is 0 Å². The summed E-state index contributed by atoms with van der Waals surface area (Å²) < 4.78 is 10.8. The van der Waals surface area contributed by atoms with Crippen molar-refractivity contribution in [2.45, 2.75) is 25.4 Å². The highest BCUT2D eigenvalue weighted by atomic mass is 16.5. The van der Waals surface area contributed by atoms with Gasteiger partial charge in [0, 0.05) is 18.3 Å². The van der Waals surface area contributed by atoms with E-state index in [1.807, 2.05) is 18.2 Å². The van der Waals surface area contributed by atoms with Crippen molar-refractivity contribution < 1.29 is 14.3 Å². The Balaban J connectivity index is 1.54. The lowest BCUT2D eigenvalue weighted by Crippen LogP contribution is -2.34. The second-order valence-electron chi connectivity index (χ2n) is 6.52. The number of benzene rings is 1. The normalized spacial score (nSPS) is 17.0. The van der Waals surface area contributed by atoms with E-state index in [1.165, 1.54) is 7.11 Å². The van der Waals surface area contributed by atoms with Gasteiger partial charge >= 0.3 is 5.97 Å². The second kappa shape index (κ2) is 7.29. The fraction of sp³-hybridized carbons (Fsp3) is 0.421. The molecule has 1 aromatic carbocycles. The Hall–Kier alpha value is -2.67. The molecular weight excluding hydrogens is 332 g/mol. The smallest absolute Gasteiger partial charge is 0.337 e. The molecule has 0 bridgehead atoms. The van der Waals surface area contributed by atoms with Crippen LogP contribution in [0, 0.1) is 0 Å². The summed E-state index contributed by atoms with van der Waals surface area (Å²) in [6, 6.07) is 7.53. The number of carbonyl (C=O) groups is 1. The average Bonchev–Trinajstić information content (AvgIpc) is 3.11. The monoisotopic (exact) mass is 354 g/mol. The third-order valence-electron chi connectivity index (χ3n) is 4.87. The molecule has 0 saturated carbocycles. The van der Waals surface area contributed by atoms with Crippen LogP contribution in [0.3, 0.4) is 0 Å². The van der Waals surface area contributed by atoms with Gasteiger partial charge in [-0.2, -0.15) is 0 Å². The zero-order chi connectivity index (χ0) is 17.9. The molecule has 4 rings (SSSR count). The van der Waals surface area contributed by atoms with Gasteiger partial charge in [0.25, 0.3) is 0 Å². The third-order valence-corrected chi connectivity index (χ3v) is 4.87. The first kappa shape index (κ1) is 16.8. The van der Waals surface area contributed by atoms with Crippen LogP contribution in [0.15, 0.2) is 30.6 Å². The van der Waals surface area contributed by atoms with Gasteiger partial charge in [-0.1, -0.05) is 0 Å². The molecule has 0 unspecified atom stereocenters. The summed E-state index contributed by atoms with van der Waals surface area (Å²) in [6.07, 6.45) is 4.58. The lowest BCUT2D eigenvalue weighted by molar-refractivity contribution is 0.0600. The minimum atomic E-state index is -0.314. The van der Waals surface area contributed by atoms with Crippen molar-refractivity contribution in [1.82, 2.24) is 15.3 Å². The summed E-state index contributed by atoms with van der Waals surface area (Å²) in [5, 5.41) is 3.33. The second-order valence-corrected chi connectivity index (χ2v) is 6.52. The number of nitrogens with zero attached hydrogens (tertiary/aromatic N) is 3. The Kier molecular flexibility index (Phi) is 4.71. The van der Waals surface area contributed by atoms with Gasteiger partial charge in [-0.3, -0.25) is 0 Å². The highest BCUT2D eigenvalue weighted by Gasteiger charge is 2.24. The van der Waals surface area contributed by atoms with E-state index in [0.29, 0.717) is 11.4 Å². The molecule has 1 saturated heterocycles. The van der Waals surface area contributed by atoms with Crippen molar-refractivity contribution in [3.8, 4) is 5.88 Å². The Morgan fingerprint density at radius 3 is 2.88 bits per heavy atom. The van der Waals surface area contributed by atoms with E-state index in [1.54, 1.807) is 12.4 Å². The summed E-state index contributed by atoms with van der Waals surface area (Å²) in [5.74, 6) is 1.11. The van der Waals surface area contributed by atoms with E-state index in [4.69, 9.17) is 9.47 Å². The number of piperidine rings is 1. The van der Waals surface area contributed by atoms with E-state index in [0.717, 1.165) is 56.0 Å². The summed E-state index contributed by atoms with van der Waals surface area (Å²) in [4.78, 5) is 22.5. The van der Waals surface area contributed by atoms with Crippen LogP contribution in [0.4, 0.5) is 11.5 Å². The molecule has 2 aromatic rings. The van der Waals surface area contributed by atoms with Crippen LogP contribution in [-0.2, 0) is 11.2 Å². The molecule has 3 heterocycles. The number of esters is 1. The number of carbonyl (C=O) groups excluding carboxylic acids is 1. The minimum Gasteiger partial charge on any atom is -0.474 e. The van der Waals surface area contributed by atoms with Crippen LogP contribution >= 0.6 is 0 Å². The van der Waals surface area contributed by atoms with Gasteiger partial charge < -0.3 is 19.7 Å². The van der Waals surface area contributed by atoms with Crippen LogP contribution in [0.25, 0.3) is 0 Å². The van der Waals surface area contributed by atoms with Crippen LogP contribution in [0.1, 0.15) is 28.8 Å². The number of ether oxygens (including phenoxy) is 2. The number of hydrogen-bond donors (Lipinski definition) is 1. The number of methoxy groups -OCH3 is 1. The number of hydrogen-bond acceptors (Lipinski definition) is 7. The standard InChI is InChI=1S/C19H22N4O3/c1-25-19(24)14-2-3-16-13(10-14)6-9-23(16)17-11-18(22-12-21-17)26-15-4-7-20-8-5-15/h2-3,10-12,15,20H,4-9H2,1H3. The van der Waals surface area contributed by atoms with Crippen LogP contribution in [-0.4, -0.2) is 48.8 Å². The zero-order valence-electron chi connectivity index (χ0n) is 14.8. The number of nitrogens with one attached hydrogen (secondary N) is 1. The lowest BCUT2D eigenvalue weighted by Gasteiger charge is -2.24. The first-order valence-electron chi connectivity index (χ1n) is 8.93. The van der Waals surface area contributed by atoms with Gasteiger partial charge in [0.1, 0.15) is 18.2 Å². The molecule has 7 heteroatoms. The average molecular weight is 354 g/mol. The quantitative estimate of drug-likeness (QED) is 0.843. The molecular formula is C19H22N4O3. The molecule has 26 heavy (non-hydrogen) atoms. The third kappa shape index (κ3) is 3.35. The van der Waals surface area contributed by atoms with E-state index in [9.17, 15) is 4.79 Å². The summed E-state index contributed by atoms with van der Waals surface area (Å²) in [5.41, 5.74) is 2.75. The van der Waals surface area contributed by atoms with Crippen LogP contribution < -0.4 is 15.0 Å². The summed E-state index contributed by atoms with van der Waals surface area (Å²) in [6.45, 7) is 2.76. The van der Waals surface area contributed by atoms with Crippen molar-refractivity contribution in [1.29, 1.82) is 0 Å². The van der Waals surface area contributed by atoms with E-state index in [2.05, 4.69) is 20.2 Å². The maximum Gasteiger partial charge on any atom is 0.337 e. The van der Waals surface area contributed by atoms with E-state index in [-0.39, 0.29) is 12.1 Å². The molecule has 7 nitrogen and oxygen atoms in total. The predicted molar refractivity (Wildman–Crippen MR) is 97.0 cm³/mol. The number of rotatable bonds is 4. The Bertz CT molecular complexity index is 805. The zero-order valence-corrected chi connectivity index (χ0v) is 14.8. The highest BCUT2D eigenvalue weighted by molar-refractivity contribution is 5.90. The molecule has 136 valence electrons. The van der Waals surface area contributed by atoms with Gasteiger partial charge in [-0.05, 0) is 56.1 Å². The van der Waals surface area contributed by atoms with Crippen molar-refractivity contribution >= 4 is 17.5 Å². The molecule has 0 amide bonds.